The lowest BCUT2D eigenvalue weighted by Gasteiger charge is -2.40. The van der Waals surface area contributed by atoms with Gasteiger partial charge >= 0.3 is 0 Å². The second kappa shape index (κ2) is 9.41. The molecule has 1 aliphatic carbocycles. The quantitative estimate of drug-likeness (QED) is 0.645. The predicted octanol–water partition coefficient (Wildman–Crippen LogP) is 5.74. The van der Waals surface area contributed by atoms with Crippen LogP contribution in [0.2, 0.25) is 0 Å². The Hall–Kier alpha value is -1.38. The topological polar surface area (TPSA) is 6.48 Å². The van der Waals surface area contributed by atoms with Crippen LogP contribution in [0.4, 0.5) is 0 Å². The molecule has 1 aromatic rings. The van der Waals surface area contributed by atoms with Crippen molar-refractivity contribution in [2.75, 3.05) is 26.2 Å². The van der Waals surface area contributed by atoms with Crippen molar-refractivity contribution in [1.29, 1.82) is 0 Å². The zero-order valence-electron chi connectivity index (χ0n) is 17.9. The summed E-state index contributed by atoms with van der Waals surface area (Å²) in [4.78, 5) is 5.46. The summed E-state index contributed by atoms with van der Waals surface area (Å²) in [5, 5.41) is 0. The second-order valence-electron chi connectivity index (χ2n) is 9.24. The van der Waals surface area contributed by atoms with Crippen LogP contribution in [0.1, 0.15) is 69.4 Å². The molecule has 0 radical (unpaired) electrons. The minimum atomic E-state index is 0.791. The highest BCUT2D eigenvalue weighted by Gasteiger charge is 2.27. The fourth-order valence-corrected chi connectivity index (χ4v) is 5.54. The van der Waals surface area contributed by atoms with Gasteiger partial charge in [0.05, 0.1) is 0 Å². The Labute approximate surface area is 172 Å². The number of hydrogen-bond donors (Lipinski definition) is 0. The molecule has 28 heavy (non-hydrogen) atoms. The largest absolute Gasteiger partial charge is 0.303 e. The molecule has 1 aromatic carbocycles. The van der Waals surface area contributed by atoms with E-state index in [0.29, 0.717) is 0 Å². The van der Waals surface area contributed by atoms with Crippen molar-refractivity contribution in [3.63, 3.8) is 0 Å². The van der Waals surface area contributed by atoms with E-state index in [2.05, 4.69) is 47.6 Å². The van der Waals surface area contributed by atoms with Gasteiger partial charge in [-0.2, -0.15) is 0 Å². The van der Waals surface area contributed by atoms with Gasteiger partial charge in [0.1, 0.15) is 0 Å². The van der Waals surface area contributed by atoms with E-state index in [0.717, 1.165) is 12.6 Å². The van der Waals surface area contributed by atoms with E-state index in [-0.39, 0.29) is 0 Å². The van der Waals surface area contributed by atoms with Gasteiger partial charge in [0.2, 0.25) is 0 Å². The fourth-order valence-electron chi connectivity index (χ4n) is 5.54. The number of likely N-dealkylation sites (tertiary alicyclic amines) is 1. The molecule has 152 valence electrons. The van der Waals surface area contributed by atoms with Crippen molar-refractivity contribution in [3.05, 3.63) is 58.7 Å². The third-order valence-corrected chi connectivity index (χ3v) is 7.36. The number of fused-ring (bicyclic) bond motifs is 1. The molecule has 1 saturated carbocycles. The van der Waals surface area contributed by atoms with E-state index >= 15 is 0 Å². The molecule has 2 nitrogen and oxygen atoms in total. The lowest BCUT2D eigenvalue weighted by molar-refractivity contribution is 0.0976. The van der Waals surface area contributed by atoms with Crippen molar-refractivity contribution in [1.82, 2.24) is 9.80 Å². The van der Waals surface area contributed by atoms with Crippen molar-refractivity contribution < 1.29 is 0 Å². The van der Waals surface area contributed by atoms with Gasteiger partial charge in [0.15, 0.2) is 0 Å². The van der Waals surface area contributed by atoms with Crippen LogP contribution in [0.15, 0.2) is 47.6 Å². The Morgan fingerprint density at radius 3 is 2.54 bits per heavy atom. The summed E-state index contributed by atoms with van der Waals surface area (Å²) < 4.78 is 0. The number of hydrogen-bond acceptors (Lipinski definition) is 2. The second-order valence-corrected chi connectivity index (χ2v) is 9.24. The standard InChI is InChI=1S/C26H38N2/c1-21-8-3-6-12-26(21)22(2)9-7-16-27-17-14-25(15-18-27)28-19-13-23-10-4-5-11-24(23)20-28/h4-5,10-11,25H,1,3,6-9,12-20H2,2H3/b26-22+. The molecule has 4 rings (SSSR count). The average Bonchev–Trinajstić information content (AvgIpc) is 2.74. The van der Waals surface area contributed by atoms with E-state index < -0.39 is 0 Å². The zero-order valence-corrected chi connectivity index (χ0v) is 17.9. The van der Waals surface area contributed by atoms with Crippen LogP contribution in [0.3, 0.4) is 0 Å². The first-order chi connectivity index (χ1) is 13.7. The molecule has 3 aliphatic rings. The van der Waals surface area contributed by atoms with E-state index in [9.17, 15) is 0 Å². The van der Waals surface area contributed by atoms with Gasteiger partial charge in [-0.25, -0.2) is 0 Å². The Morgan fingerprint density at radius 1 is 1.00 bits per heavy atom. The maximum absolute atomic E-state index is 4.31. The normalized spacial score (nSPS) is 24.2. The van der Waals surface area contributed by atoms with Gasteiger partial charge in [0.25, 0.3) is 0 Å². The van der Waals surface area contributed by atoms with E-state index in [4.69, 9.17) is 0 Å². The lowest BCUT2D eigenvalue weighted by atomic mass is 9.86. The van der Waals surface area contributed by atoms with Crippen molar-refractivity contribution >= 4 is 0 Å². The van der Waals surface area contributed by atoms with Crippen LogP contribution in [0, 0.1) is 0 Å². The minimum absolute atomic E-state index is 0.791. The van der Waals surface area contributed by atoms with Crippen LogP contribution in [0.5, 0.6) is 0 Å². The number of allylic oxidation sites excluding steroid dienone is 3. The monoisotopic (exact) mass is 378 g/mol. The summed E-state index contributed by atoms with van der Waals surface area (Å²) in [6.45, 7) is 12.9. The summed E-state index contributed by atoms with van der Waals surface area (Å²) >= 11 is 0. The summed E-state index contributed by atoms with van der Waals surface area (Å²) in [6.07, 6.45) is 11.7. The van der Waals surface area contributed by atoms with Gasteiger partial charge in [-0.3, -0.25) is 4.90 Å². The number of piperidine rings is 1. The van der Waals surface area contributed by atoms with E-state index in [1.165, 1.54) is 89.5 Å². The predicted molar refractivity (Wildman–Crippen MR) is 120 cm³/mol. The molecule has 0 unspecified atom stereocenters. The molecule has 0 aromatic heterocycles. The van der Waals surface area contributed by atoms with Gasteiger partial charge < -0.3 is 4.90 Å². The number of rotatable bonds is 5. The van der Waals surface area contributed by atoms with Gasteiger partial charge in [-0.15, -0.1) is 0 Å². The molecule has 0 amide bonds. The molecule has 0 N–H and O–H groups in total. The molecule has 2 heterocycles. The van der Waals surface area contributed by atoms with Crippen LogP contribution in [-0.2, 0) is 13.0 Å². The zero-order chi connectivity index (χ0) is 19.3. The summed E-state index contributed by atoms with van der Waals surface area (Å²) in [7, 11) is 0. The first kappa shape index (κ1) is 19.9. The Bertz CT molecular complexity index is 709. The van der Waals surface area contributed by atoms with Gasteiger partial charge in [-0.05, 0) is 101 Å². The first-order valence-corrected chi connectivity index (χ1v) is 11.6. The molecular formula is C26H38N2. The summed E-state index contributed by atoms with van der Waals surface area (Å²) in [6, 6.07) is 9.82. The Kier molecular flexibility index (Phi) is 6.69. The van der Waals surface area contributed by atoms with Crippen molar-refractivity contribution in [3.8, 4) is 0 Å². The number of benzene rings is 1. The first-order valence-electron chi connectivity index (χ1n) is 11.6. The summed E-state index contributed by atoms with van der Waals surface area (Å²) in [5.74, 6) is 0. The van der Waals surface area contributed by atoms with E-state index in [1.807, 2.05) is 0 Å². The molecular weight excluding hydrogens is 340 g/mol. The average molecular weight is 379 g/mol. The third-order valence-electron chi connectivity index (χ3n) is 7.36. The number of nitrogens with zero attached hydrogens (tertiary/aromatic N) is 2. The third kappa shape index (κ3) is 4.78. The fraction of sp³-hybridized carbons (Fsp3) is 0.615. The molecule has 1 saturated heterocycles. The highest BCUT2D eigenvalue weighted by atomic mass is 15.2. The molecule has 2 fully saturated rings. The van der Waals surface area contributed by atoms with Crippen molar-refractivity contribution in [2.45, 2.75) is 77.3 Å². The van der Waals surface area contributed by atoms with Crippen LogP contribution < -0.4 is 0 Å². The van der Waals surface area contributed by atoms with Gasteiger partial charge in [-0.1, -0.05) is 42.0 Å². The van der Waals surface area contributed by atoms with E-state index in [1.54, 1.807) is 22.3 Å². The van der Waals surface area contributed by atoms with Crippen LogP contribution in [-0.4, -0.2) is 42.0 Å². The highest BCUT2D eigenvalue weighted by Crippen LogP contribution is 2.31. The lowest BCUT2D eigenvalue weighted by Crippen LogP contribution is -2.46. The Morgan fingerprint density at radius 2 is 1.75 bits per heavy atom. The molecule has 0 bridgehead atoms. The summed E-state index contributed by atoms with van der Waals surface area (Å²) in [5.41, 5.74) is 7.78. The highest BCUT2D eigenvalue weighted by molar-refractivity contribution is 5.34. The van der Waals surface area contributed by atoms with Crippen LogP contribution >= 0.6 is 0 Å². The van der Waals surface area contributed by atoms with Crippen LogP contribution in [0.25, 0.3) is 0 Å². The molecule has 0 atom stereocenters. The maximum atomic E-state index is 4.31. The molecule has 0 spiro atoms. The van der Waals surface area contributed by atoms with Crippen molar-refractivity contribution in [2.24, 2.45) is 0 Å². The smallest absolute Gasteiger partial charge is 0.0239 e. The minimum Gasteiger partial charge on any atom is -0.303 e. The molecule has 2 aliphatic heterocycles. The Balaban J connectivity index is 1.20. The van der Waals surface area contributed by atoms with Gasteiger partial charge in [0, 0.05) is 19.1 Å². The molecule has 2 heteroatoms. The SMILES string of the molecule is C=C1CCCC/C1=C(/C)CCCN1CCC(N2CCc3ccccc3C2)CC1. The maximum Gasteiger partial charge on any atom is 0.0239 e.